The first kappa shape index (κ1) is 15.3. The van der Waals surface area contributed by atoms with E-state index in [9.17, 15) is 20.0 Å². The third-order valence-corrected chi connectivity index (χ3v) is 3.21. The van der Waals surface area contributed by atoms with Gasteiger partial charge in [0, 0.05) is 17.2 Å². The Balaban J connectivity index is 1.69. The number of carbonyl (C=O) groups excluding carboxylic acids is 1. The summed E-state index contributed by atoms with van der Waals surface area (Å²) in [6, 6.07) is 8.45. The second-order valence-corrected chi connectivity index (χ2v) is 4.77. The topological polar surface area (TPSA) is 123 Å². The number of nitrogens with one attached hydrogen (secondary N) is 1. The third-order valence-electron chi connectivity index (χ3n) is 3.21. The number of hydrogen-bond donors (Lipinski definition) is 2. The molecule has 1 aliphatic rings. The summed E-state index contributed by atoms with van der Waals surface area (Å²) in [6.45, 7) is 0.109. The zero-order valence-electron chi connectivity index (χ0n) is 12.1. The predicted molar refractivity (Wildman–Crippen MR) is 82.4 cm³/mol. The molecule has 0 radical (unpaired) electrons. The van der Waals surface area contributed by atoms with Crippen molar-refractivity contribution in [1.29, 1.82) is 0 Å². The zero-order valence-corrected chi connectivity index (χ0v) is 12.1. The molecule has 9 nitrogen and oxygen atoms in total. The Morgan fingerprint density at radius 2 is 2.04 bits per heavy atom. The van der Waals surface area contributed by atoms with Crippen molar-refractivity contribution in [3.05, 3.63) is 57.6 Å². The van der Waals surface area contributed by atoms with Crippen LogP contribution in [0.1, 0.15) is 15.9 Å². The number of amides is 1. The van der Waals surface area contributed by atoms with Gasteiger partial charge in [-0.3, -0.25) is 14.9 Å². The highest BCUT2D eigenvalue weighted by atomic mass is 16.7. The van der Waals surface area contributed by atoms with Gasteiger partial charge < -0.3 is 14.6 Å². The maximum Gasteiger partial charge on any atom is 0.311 e. The number of hydrazone groups is 1. The quantitative estimate of drug-likeness (QED) is 0.501. The van der Waals surface area contributed by atoms with Gasteiger partial charge >= 0.3 is 5.69 Å². The number of aromatic hydroxyl groups is 1. The Kier molecular flexibility index (Phi) is 3.98. The van der Waals surface area contributed by atoms with E-state index in [1.807, 2.05) is 0 Å². The van der Waals surface area contributed by atoms with Crippen molar-refractivity contribution in [2.75, 3.05) is 6.79 Å². The summed E-state index contributed by atoms with van der Waals surface area (Å²) in [5.41, 5.74) is 2.54. The van der Waals surface area contributed by atoms with Crippen molar-refractivity contribution >= 4 is 17.8 Å². The number of fused-ring (bicyclic) bond motifs is 1. The molecular weight excluding hydrogens is 318 g/mol. The number of phenolic OH excluding ortho intramolecular Hbond substituents is 1. The van der Waals surface area contributed by atoms with Crippen LogP contribution in [0, 0.1) is 10.1 Å². The number of hydrogen-bond acceptors (Lipinski definition) is 7. The molecule has 0 spiro atoms. The maximum atomic E-state index is 12.0. The Hall–Kier alpha value is -3.62. The van der Waals surface area contributed by atoms with E-state index in [1.54, 1.807) is 12.1 Å². The van der Waals surface area contributed by atoms with Crippen LogP contribution in [0.25, 0.3) is 0 Å². The van der Waals surface area contributed by atoms with Gasteiger partial charge in [-0.15, -0.1) is 0 Å². The minimum Gasteiger partial charge on any atom is -0.502 e. The SMILES string of the molecule is O=C(NN=Cc1ccc(O)c([N+](=O)[O-])c1)c1ccc2c(c1)OCO2. The number of nitro groups is 1. The number of nitrogens with zero attached hydrogens (tertiary/aromatic N) is 2. The van der Waals surface area contributed by atoms with Crippen LogP contribution in [0.15, 0.2) is 41.5 Å². The summed E-state index contributed by atoms with van der Waals surface area (Å²) < 4.78 is 10.3. The largest absolute Gasteiger partial charge is 0.502 e. The molecule has 2 aromatic rings. The van der Waals surface area contributed by atoms with E-state index in [1.165, 1.54) is 24.4 Å². The number of benzene rings is 2. The molecule has 1 amide bonds. The third kappa shape index (κ3) is 3.09. The van der Waals surface area contributed by atoms with E-state index < -0.39 is 22.3 Å². The van der Waals surface area contributed by atoms with E-state index in [2.05, 4.69) is 10.5 Å². The number of phenols is 1. The summed E-state index contributed by atoms with van der Waals surface area (Å²) >= 11 is 0. The van der Waals surface area contributed by atoms with Crippen LogP contribution in [0.5, 0.6) is 17.2 Å². The van der Waals surface area contributed by atoms with E-state index in [4.69, 9.17) is 9.47 Å². The zero-order chi connectivity index (χ0) is 17.1. The lowest BCUT2D eigenvalue weighted by Gasteiger charge is -2.02. The Morgan fingerprint density at radius 1 is 1.25 bits per heavy atom. The van der Waals surface area contributed by atoms with Gasteiger partial charge in [-0.05, 0) is 30.3 Å². The van der Waals surface area contributed by atoms with Crippen LogP contribution >= 0.6 is 0 Å². The monoisotopic (exact) mass is 329 g/mol. The highest BCUT2D eigenvalue weighted by Gasteiger charge is 2.16. The number of nitro benzene ring substituents is 1. The molecule has 0 aromatic heterocycles. The standard InChI is InChI=1S/C15H11N3O6/c19-12-3-1-9(5-11(12)18(21)22)7-16-17-15(20)10-2-4-13-14(6-10)24-8-23-13/h1-7,19H,8H2,(H,17,20). The lowest BCUT2D eigenvalue weighted by Crippen LogP contribution is -2.17. The summed E-state index contributed by atoms with van der Waals surface area (Å²) in [5, 5.41) is 23.9. The van der Waals surface area contributed by atoms with E-state index >= 15 is 0 Å². The molecule has 122 valence electrons. The molecule has 2 aromatic carbocycles. The van der Waals surface area contributed by atoms with Crippen molar-refractivity contribution in [3.63, 3.8) is 0 Å². The molecule has 0 atom stereocenters. The first-order chi connectivity index (χ1) is 11.5. The highest BCUT2D eigenvalue weighted by Crippen LogP contribution is 2.32. The van der Waals surface area contributed by atoms with Crippen LogP contribution < -0.4 is 14.9 Å². The van der Waals surface area contributed by atoms with Crippen LogP contribution in [0.2, 0.25) is 0 Å². The van der Waals surface area contributed by atoms with Gasteiger partial charge in [0.25, 0.3) is 5.91 Å². The van der Waals surface area contributed by atoms with Gasteiger partial charge in [-0.1, -0.05) is 0 Å². The fourth-order valence-corrected chi connectivity index (χ4v) is 2.03. The fraction of sp³-hybridized carbons (Fsp3) is 0.0667. The smallest absolute Gasteiger partial charge is 0.311 e. The average molecular weight is 329 g/mol. The van der Waals surface area contributed by atoms with Crippen LogP contribution in [0.4, 0.5) is 5.69 Å². The highest BCUT2D eigenvalue weighted by molar-refractivity contribution is 5.95. The normalized spacial score (nSPS) is 12.3. The lowest BCUT2D eigenvalue weighted by atomic mass is 10.2. The van der Waals surface area contributed by atoms with Crippen LogP contribution in [-0.4, -0.2) is 28.9 Å². The second kappa shape index (κ2) is 6.24. The summed E-state index contributed by atoms with van der Waals surface area (Å²) in [6.07, 6.45) is 1.23. The minimum atomic E-state index is -0.710. The van der Waals surface area contributed by atoms with E-state index in [0.717, 1.165) is 6.07 Å². The summed E-state index contributed by atoms with van der Waals surface area (Å²) in [5.74, 6) is 0.117. The van der Waals surface area contributed by atoms with Gasteiger partial charge in [0.2, 0.25) is 6.79 Å². The van der Waals surface area contributed by atoms with Gasteiger partial charge in [0.05, 0.1) is 11.1 Å². The maximum absolute atomic E-state index is 12.0. The summed E-state index contributed by atoms with van der Waals surface area (Å²) in [4.78, 5) is 22.0. The molecule has 0 saturated heterocycles. The van der Waals surface area contributed by atoms with Crippen molar-refractivity contribution in [2.24, 2.45) is 5.10 Å². The predicted octanol–water partition coefficient (Wildman–Crippen LogP) is 1.79. The van der Waals surface area contributed by atoms with Gasteiger partial charge in [0.1, 0.15) is 0 Å². The Labute approximate surface area is 135 Å². The Morgan fingerprint density at radius 3 is 2.83 bits per heavy atom. The van der Waals surface area contributed by atoms with E-state index in [0.29, 0.717) is 22.6 Å². The van der Waals surface area contributed by atoms with Gasteiger partial charge in [-0.2, -0.15) is 5.10 Å². The average Bonchev–Trinajstić information content (AvgIpc) is 3.03. The van der Waals surface area contributed by atoms with Gasteiger partial charge in [0.15, 0.2) is 17.2 Å². The molecule has 24 heavy (non-hydrogen) atoms. The summed E-state index contributed by atoms with van der Waals surface area (Å²) in [7, 11) is 0. The molecular formula is C15H11N3O6. The van der Waals surface area contributed by atoms with Crippen LogP contribution in [0.3, 0.4) is 0 Å². The number of carbonyl (C=O) groups is 1. The van der Waals surface area contributed by atoms with Crippen molar-refractivity contribution in [1.82, 2.24) is 5.43 Å². The second-order valence-electron chi connectivity index (χ2n) is 4.77. The minimum absolute atomic E-state index is 0.109. The molecule has 0 bridgehead atoms. The molecule has 9 heteroatoms. The van der Waals surface area contributed by atoms with Crippen molar-refractivity contribution < 1.29 is 24.3 Å². The molecule has 0 saturated carbocycles. The lowest BCUT2D eigenvalue weighted by molar-refractivity contribution is -0.385. The molecule has 0 fully saturated rings. The number of rotatable bonds is 4. The first-order valence-electron chi connectivity index (χ1n) is 6.75. The molecule has 3 rings (SSSR count). The van der Waals surface area contributed by atoms with Crippen molar-refractivity contribution in [2.45, 2.75) is 0 Å². The molecule has 1 aliphatic heterocycles. The molecule has 0 aliphatic carbocycles. The van der Waals surface area contributed by atoms with Crippen molar-refractivity contribution in [3.8, 4) is 17.2 Å². The Bertz CT molecular complexity index is 849. The molecule has 1 heterocycles. The molecule has 2 N–H and O–H groups in total. The van der Waals surface area contributed by atoms with E-state index in [-0.39, 0.29) is 6.79 Å². The van der Waals surface area contributed by atoms with Crippen LogP contribution in [-0.2, 0) is 0 Å². The number of ether oxygens (including phenoxy) is 2. The fourth-order valence-electron chi connectivity index (χ4n) is 2.03. The molecule has 0 unspecified atom stereocenters. The first-order valence-corrected chi connectivity index (χ1v) is 6.75. The van der Waals surface area contributed by atoms with Gasteiger partial charge in [-0.25, -0.2) is 5.43 Å².